The highest BCUT2D eigenvalue weighted by molar-refractivity contribution is 9.10. The van der Waals surface area contributed by atoms with Gasteiger partial charge in [0.25, 0.3) is 0 Å². The number of pyridine rings is 1. The van der Waals surface area contributed by atoms with Crippen LogP contribution in [0.4, 0.5) is 0 Å². The molecule has 0 bridgehead atoms. The first kappa shape index (κ1) is 14.2. The molecule has 2 N–H and O–H groups in total. The van der Waals surface area contributed by atoms with Crippen LogP contribution in [-0.4, -0.2) is 4.98 Å². The minimum atomic E-state index is -0.0174. The molecule has 1 unspecified atom stereocenters. The maximum atomic E-state index is 6.27. The van der Waals surface area contributed by atoms with E-state index in [2.05, 4.69) is 65.1 Å². The minimum Gasteiger partial charge on any atom is -0.324 e. The number of hydrogen-bond donors (Lipinski definition) is 1. The Bertz CT molecular complexity index is 529. The molecule has 100 valence electrons. The zero-order chi connectivity index (χ0) is 13.8. The van der Waals surface area contributed by atoms with E-state index in [4.69, 9.17) is 5.73 Å². The van der Waals surface area contributed by atoms with Gasteiger partial charge in [-0.1, -0.05) is 35.0 Å². The van der Waals surface area contributed by atoms with Crippen LogP contribution < -0.4 is 5.73 Å². The molecule has 0 aliphatic carbocycles. The number of nitrogens with zero attached hydrogens (tertiary/aromatic N) is 1. The second kappa shape index (κ2) is 6.31. The highest BCUT2D eigenvalue weighted by atomic mass is 79.9. The molecule has 1 aromatic carbocycles. The summed E-state index contributed by atoms with van der Waals surface area (Å²) in [6.45, 7) is 4.21. The predicted octanol–water partition coefficient (Wildman–Crippen LogP) is 3.96. The zero-order valence-corrected chi connectivity index (χ0v) is 12.9. The van der Waals surface area contributed by atoms with Crippen molar-refractivity contribution in [1.82, 2.24) is 4.98 Å². The Morgan fingerprint density at radius 3 is 2.63 bits per heavy atom. The molecule has 2 rings (SSSR count). The molecule has 0 spiro atoms. The Morgan fingerprint density at radius 1 is 1.26 bits per heavy atom. The summed E-state index contributed by atoms with van der Waals surface area (Å²) in [5.41, 5.74) is 10.9. The van der Waals surface area contributed by atoms with E-state index >= 15 is 0 Å². The highest BCUT2D eigenvalue weighted by Crippen LogP contribution is 2.21. The number of nitrogens with two attached hydrogens (primary N) is 1. The number of aryl methyl sites for hydroxylation is 2. The van der Waals surface area contributed by atoms with Crippen molar-refractivity contribution in [2.75, 3.05) is 0 Å². The van der Waals surface area contributed by atoms with E-state index in [1.165, 1.54) is 11.1 Å². The van der Waals surface area contributed by atoms with E-state index in [9.17, 15) is 0 Å². The van der Waals surface area contributed by atoms with Gasteiger partial charge in [-0.25, -0.2) is 0 Å². The molecule has 0 aliphatic rings. The second-order valence-corrected chi connectivity index (χ2v) is 5.80. The van der Waals surface area contributed by atoms with Crippen LogP contribution in [0, 0.1) is 6.92 Å². The van der Waals surface area contributed by atoms with Gasteiger partial charge in [0.15, 0.2) is 0 Å². The summed E-state index contributed by atoms with van der Waals surface area (Å²) in [7, 11) is 0. The fraction of sp³-hybridized carbons (Fsp3) is 0.312. The summed E-state index contributed by atoms with van der Waals surface area (Å²) in [5.74, 6) is 0. The van der Waals surface area contributed by atoms with Gasteiger partial charge in [0.1, 0.15) is 0 Å². The van der Waals surface area contributed by atoms with Gasteiger partial charge in [-0.15, -0.1) is 0 Å². The van der Waals surface area contributed by atoms with Gasteiger partial charge >= 0.3 is 0 Å². The van der Waals surface area contributed by atoms with Gasteiger partial charge < -0.3 is 5.73 Å². The van der Waals surface area contributed by atoms with E-state index in [-0.39, 0.29) is 6.04 Å². The predicted molar refractivity (Wildman–Crippen MR) is 83.1 cm³/mol. The maximum absolute atomic E-state index is 6.27. The van der Waals surface area contributed by atoms with E-state index in [0.29, 0.717) is 0 Å². The SMILES string of the molecule is CCc1ccc(CC(N)c2cc(C)cc(Br)c2)nc1. The van der Waals surface area contributed by atoms with Gasteiger partial charge in [0, 0.05) is 28.8 Å². The van der Waals surface area contributed by atoms with Crippen LogP contribution in [0.1, 0.15) is 35.3 Å². The molecule has 0 saturated carbocycles. The monoisotopic (exact) mass is 318 g/mol. The van der Waals surface area contributed by atoms with E-state index < -0.39 is 0 Å². The van der Waals surface area contributed by atoms with Crippen molar-refractivity contribution in [2.45, 2.75) is 32.7 Å². The van der Waals surface area contributed by atoms with Gasteiger partial charge in [0.2, 0.25) is 0 Å². The summed E-state index contributed by atoms with van der Waals surface area (Å²) in [4.78, 5) is 4.47. The normalized spacial score (nSPS) is 12.4. The van der Waals surface area contributed by atoms with Gasteiger partial charge in [-0.2, -0.15) is 0 Å². The zero-order valence-electron chi connectivity index (χ0n) is 11.4. The first-order valence-corrected chi connectivity index (χ1v) is 7.34. The maximum Gasteiger partial charge on any atom is 0.0422 e. The summed E-state index contributed by atoms with van der Waals surface area (Å²) in [6.07, 6.45) is 3.72. The largest absolute Gasteiger partial charge is 0.324 e. The van der Waals surface area contributed by atoms with Crippen molar-refractivity contribution in [3.8, 4) is 0 Å². The molecule has 2 aromatic rings. The summed E-state index contributed by atoms with van der Waals surface area (Å²) >= 11 is 3.51. The smallest absolute Gasteiger partial charge is 0.0422 e. The Balaban J connectivity index is 2.13. The lowest BCUT2D eigenvalue weighted by Crippen LogP contribution is -2.14. The summed E-state index contributed by atoms with van der Waals surface area (Å²) < 4.78 is 1.08. The lowest BCUT2D eigenvalue weighted by molar-refractivity contribution is 0.704. The Labute approximate surface area is 123 Å². The molecule has 3 heteroatoms. The molecule has 1 aromatic heterocycles. The number of rotatable bonds is 4. The molecule has 19 heavy (non-hydrogen) atoms. The molecule has 1 heterocycles. The standard InChI is InChI=1S/C16H19BrN2/c1-3-12-4-5-15(19-10-12)9-16(18)13-6-11(2)7-14(17)8-13/h4-8,10,16H,3,9,18H2,1-2H3. The number of halogens is 1. The molecular formula is C16H19BrN2. The topological polar surface area (TPSA) is 38.9 Å². The molecule has 0 aliphatic heterocycles. The summed E-state index contributed by atoms with van der Waals surface area (Å²) in [5, 5.41) is 0. The van der Waals surface area contributed by atoms with Gasteiger partial charge in [-0.05, 0) is 48.2 Å². The number of aromatic nitrogens is 1. The van der Waals surface area contributed by atoms with Crippen LogP contribution in [0.25, 0.3) is 0 Å². The van der Waals surface area contributed by atoms with Crippen LogP contribution >= 0.6 is 15.9 Å². The van der Waals surface area contributed by atoms with Crippen molar-refractivity contribution in [3.63, 3.8) is 0 Å². The van der Waals surface area contributed by atoms with Crippen molar-refractivity contribution in [2.24, 2.45) is 5.73 Å². The van der Waals surface area contributed by atoms with Gasteiger partial charge in [0.05, 0.1) is 0 Å². The molecule has 0 amide bonds. The Hall–Kier alpha value is -1.19. The molecular weight excluding hydrogens is 300 g/mol. The third-order valence-electron chi connectivity index (χ3n) is 3.22. The minimum absolute atomic E-state index is 0.0174. The first-order chi connectivity index (χ1) is 9.08. The molecule has 2 nitrogen and oxygen atoms in total. The quantitative estimate of drug-likeness (QED) is 0.926. The number of benzene rings is 1. The average Bonchev–Trinajstić information content (AvgIpc) is 2.38. The van der Waals surface area contributed by atoms with Crippen LogP contribution in [-0.2, 0) is 12.8 Å². The Morgan fingerprint density at radius 2 is 2.05 bits per heavy atom. The third-order valence-corrected chi connectivity index (χ3v) is 3.67. The van der Waals surface area contributed by atoms with Gasteiger partial charge in [-0.3, -0.25) is 4.98 Å². The van der Waals surface area contributed by atoms with Crippen LogP contribution in [0.2, 0.25) is 0 Å². The van der Waals surface area contributed by atoms with Crippen molar-refractivity contribution in [3.05, 3.63) is 63.4 Å². The molecule has 0 radical (unpaired) electrons. The fourth-order valence-electron chi connectivity index (χ4n) is 2.11. The second-order valence-electron chi connectivity index (χ2n) is 4.88. The van der Waals surface area contributed by atoms with Crippen molar-refractivity contribution >= 4 is 15.9 Å². The summed E-state index contributed by atoms with van der Waals surface area (Å²) in [6, 6.07) is 10.5. The van der Waals surface area contributed by atoms with Crippen molar-refractivity contribution < 1.29 is 0 Å². The molecule has 0 fully saturated rings. The van der Waals surface area contributed by atoms with Crippen LogP contribution in [0.3, 0.4) is 0 Å². The molecule has 0 saturated heterocycles. The van der Waals surface area contributed by atoms with Crippen LogP contribution in [0.15, 0.2) is 41.0 Å². The van der Waals surface area contributed by atoms with Crippen molar-refractivity contribution in [1.29, 1.82) is 0 Å². The number of hydrogen-bond acceptors (Lipinski definition) is 2. The lowest BCUT2D eigenvalue weighted by Gasteiger charge is -2.13. The average molecular weight is 319 g/mol. The molecule has 1 atom stereocenters. The Kier molecular flexibility index (Phi) is 4.72. The van der Waals surface area contributed by atoms with E-state index in [0.717, 1.165) is 28.6 Å². The van der Waals surface area contributed by atoms with E-state index in [1.54, 1.807) is 0 Å². The third kappa shape index (κ3) is 3.88. The highest BCUT2D eigenvalue weighted by Gasteiger charge is 2.09. The van der Waals surface area contributed by atoms with Crippen LogP contribution in [0.5, 0.6) is 0 Å². The van der Waals surface area contributed by atoms with E-state index in [1.807, 2.05) is 6.20 Å². The lowest BCUT2D eigenvalue weighted by atomic mass is 10.0. The first-order valence-electron chi connectivity index (χ1n) is 6.55. The fourth-order valence-corrected chi connectivity index (χ4v) is 2.73.